The van der Waals surface area contributed by atoms with E-state index in [2.05, 4.69) is 4.74 Å². The third-order valence-electron chi connectivity index (χ3n) is 5.92. The van der Waals surface area contributed by atoms with Crippen LogP contribution >= 0.6 is 0 Å². The van der Waals surface area contributed by atoms with E-state index in [0.717, 1.165) is 43.2 Å². The lowest BCUT2D eigenvalue weighted by Crippen LogP contribution is -2.28. The second kappa shape index (κ2) is 13.1. The smallest absolute Gasteiger partial charge is 0.416 e. The first-order valence-electron chi connectivity index (χ1n) is 12.1. The molecule has 210 valence electrons. The summed E-state index contributed by atoms with van der Waals surface area (Å²) in [6.45, 7) is 1.37. The summed E-state index contributed by atoms with van der Waals surface area (Å²) in [4.78, 5) is 13.4. The fourth-order valence-electron chi connectivity index (χ4n) is 4.02. The number of esters is 1. The van der Waals surface area contributed by atoms with Gasteiger partial charge in [-0.2, -0.15) is 13.2 Å². The van der Waals surface area contributed by atoms with Gasteiger partial charge in [0.1, 0.15) is 17.1 Å². The Kier molecular flexibility index (Phi) is 10.1. The zero-order valence-corrected chi connectivity index (χ0v) is 22.3. The number of alkyl halides is 3. The number of sulfone groups is 1. The van der Waals surface area contributed by atoms with E-state index in [-0.39, 0.29) is 18.9 Å². The maximum Gasteiger partial charge on any atom is 0.416 e. The van der Waals surface area contributed by atoms with Crippen molar-refractivity contribution in [3.8, 4) is 5.75 Å². The Morgan fingerprint density at radius 2 is 1.64 bits per heavy atom. The summed E-state index contributed by atoms with van der Waals surface area (Å²) in [5.41, 5.74) is 0.181. The minimum Gasteiger partial charge on any atom is -0.493 e. The van der Waals surface area contributed by atoms with Crippen molar-refractivity contribution in [3.05, 3.63) is 94.8 Å². The molecule has 0 bridgehead atoms. The van der Waals surface area contributed by atoms with Crippen LogP contribution in [0.2, 0.25) is 0 Å². The number of nitrogens with zero attached hydrogens (tertiary/aromatic N) is 1. The van der Waals surface area contributed by atoms with E-state index in [1.54, 1.807) is 6.07 Å². The maximum absolute atomic E-state index is 14.6. The molecule has 0 aromatic heterocycles. The normalized spacial score (nSPS) is 12.0. The number of carbonyl (C=O) groups excluding carboxylic acids is 1. The van der Waals surface area contributed by atoms with E-state index in [4.69, 9.17) is 4.74 Å². The maximum atomic E-state index is 14.6. The van der Waals surface area contributed by atoms with Crippen molar-refractivity contribution in [2.45, 2.75) is 30.5 Å². The molecule has 0 aliphatic rings. The van der Waals surface area contributed by atoms with Crippen molar-refractivity contribution in [1.29, 1.82) is 0 Å². The van der Waals surface area contributed by atoms with Gasteiger partial charge < -0.3 is 9.47 Å². The molecule has 39 heavy (non-hydrogen) atoms. The van der Waals surface area contributed by atoms with E-state index < -0.39 is 43.8 Å². The van der Waals surface area contributed by atoms with Crippen molar-refractivity contribution in [2.75, 3.05) is 33.1 Å². The molecule has 0 radical (unpaired) electrons. The lowest BCUT2D eigenvalue weighted by atomic mass is 10.1. The molecule has 11 heteroatoms. The Hall–Kier alpha value is -3.44. The Labute approximate surface area is 225 Å². The molecule has 0 N–H and O–H groups in total. The number of hydrogen-bond acceptors (Lipinski definition) is 6. The number of methoxy groups -OCH3 is 1. The van der Waals surface area contributed by atoms with Gasteiger partial charge in [0.05, 0.1) is 24.2 Å². The number of hydrogen-bond donors (Lipinski definition) is 0. The fraction of sp³-hybridized carbons (Fsp3) is 0.321. The van der Waals surface area contributed by atoms with E-state index in [9.17, 15) is 30.8 Å². The van der Waals surface area contributed by atoms with Gasteiger partial charge in [-0.15, -0.1) is 0 Å². The Morgan fingerprint density at radius 3 is 2.28 bits per heavy atom. The molecule has 0 aliphatic carbocycles. The first-order valence-corrected chi connectivity index (χ1v) is 13.9. The highest BCUT2D eigenvalue weighted by Crippen LogP contribution is 2.30. The monoisotopic (exact) mass is 567 g/mol. The van der Waals surface area contributed by atoms with Gasteiger partial charge in [-0.25, -0.2) is 17.6 Å². The quantitative estimate of drug-likeness (QED) is 0.162. The fourth-order valence-corrected chi connectivity index (χ4v) is 4.90. The van der Waals surface area contributed by atoms with Crippen LogP contribution in [0, 0.1) is 5.82 Å². The van der Waals surface area contributed by atoms with Gasteiger partial charge in [0, 0.05) is 32.0 Å². The molecular formula is C28H29F4NO5S. The first kappa shape index (κ1) is 30.1. The molecule has 0 spiro atoms. The van der Waals surface area contributed by atoms with Gasteiger partial charge in [-0.05, 0) is 36.1 Å². The topological polar surface area (TPSA) is 72.9 Å². The van der Waals surface area contributed by atoms with Crippen LogP contribution in [0.1, 0.15) is 33.5 Å². The Bertz CT molecular complexity index is 1380. The largest absolute Gasteiger partial charge is 0.493 e. The van der Waals surface area contributed by atoms with Crippen molar-refractivity contribution >= 4 is 15.8 Å². The van der Waals surface area contributed by atoms with Crippen LogP contribution < -0.4 is 4.74 Å². The summed E-state index contributed by atoms with van der Waals surface area (Å²) < 4.78 is 88.5. The van der Waals surface area contributed by atoms with Crippen LogP contribution in [0.3, 0.4) is 0 Å². The molecule has 0 saturated carbocycles. The molecular weight excluding hydrogens is 538 g/mol. The average molecular weight is 568 g/mol. The van der Waals surface area contributed by atoms with Crippen LogP contribution in [-0.2, 0) is 33.7 Å². The third-order valence-corrected chi connectivity index (χ3v) is 7.04. The molecule has 3 aromatic rings. The minimum atomic E-state index is -4.44. The molecule has 6 nitrogen and oxygen atoms in total. The van der Waals surface area contributed by atoms with Gasteiger partial charge in [-0.3, -0.25) is 4.90 Å². The van der Waals surface area contributed by atoms with Gasteiger partial charge >= 0.3 is 12.1 Å². The van der Waals surface area contributed by atoms with Crippen LogP contribution in [0.25, 0.3) is 0 Å². The molecule has 0 fully saturated rings. The molecule has 0 unspecified atom stereocenters. The predicted octanol–water partition coefficient (Wildman–Crippen LogP) is 5.55. The Balaban J connectivity index is 1.70. The van der Waals surface area contributed by atoms with E-state index >= 15 is 0 Å². The molecule has 0 atom stereocenters. The summed E-state index contributed by atoms with van der Waals surface area (Å²) in [6.07, 6.45) is -2.50. The highest BCUT2D eigenvalue weighted by molar-refractivity contribution is 7.90. The second-order valence-corrected chi connectivity index (χ2v) is 10.9. The first-order chi connectivity index (χ1) is 18.4. The number of carbonyl (C=O) groups is 1. The summed E-state index contributed by atoms with van der Waals surface area (Å²) >= 11 is 0. The minimum absolute atomic E-state index is 0.0740. The van der Waals surface area contributed by atoms with Gasteiger partial charge in [-0.1, -0.05) is 48.5 Å². The van der Waals surface area contributed by atoms with Crippen molar-refractivity contribution in [3.63, 3.8) is 0 Å². The number of ether oxygens (including phenoxy) is 2. The summed E-state index contributed by atoms with van der Waals surface area (Å²) in [5.74, 6) is -2.29. The SMILES string of the molecule is COC(=O)c1c(F)cc(OCCCN(CCc2ccccc2)Cc2cccc(C(F)(F)F)c2)cc1S(C)(=O)=O. The summed E-state index contributed by atoms with van der Waals surface area (Å²) in [7, 11) is -2.95. The van der Waals surface area contributed by atoms with Crippen molar-refractivity contribution < 1.29 is 40.2 Å². The average Bonchev–Trinajstić information content (AvgIpc) is 2.88. The van der Waals surface area contributed by atoms with Crippen molar-refractivity contribution in [1.82, 2.24) is 4.90 Å². The summed E-state index contributed by atoms with van der Waals surface area (Å²) in [6, 6.07) is 16.8. The van der Waals surface area contributed by atoms with Gasteiger partial charge in [0.25, 0.3) is 0 Å². The molecule has 0 aliphatic heterocycles. The van der Waals surface area contributed by atoms with E-state index in [1.807, 2.05) is 35.2 Å². The zero-order chi connectivity index (χ0) is 28.6. The third kappa shape index (κ3) is 8.79. The van der Waals surface area contributed by atoms with E-state index in [0.29, 0.717) is 31.5 Å². The van der Waals surface area contributed by atoms with Crippen molar-refractivity contribution in [2.24, 2.45) is 0 Å². The van der Waals surface area contributed by atoms with Gasteiger partial charge in [0.2, 0.25) is 0 Å². The zero-order valence-electron chi connectivity index (χ0n) is 21.5. The van der Waals surface area contributed by atoms with Crippen LogP contribution in [0.15, 0.2) is 71.6 Å². The van der Waals surface area contributed by atoms with Crippen LogP contribution in [-0.4, -0.2) is 52.3 Å². The number of rotatable bonds is 12. The second-order valence-electron chi connectivity index (χ2n) is 8.95. The van der Waals surface area contributed by atoms with Crippen LogP contribution in [0.5, 0.6) is 5.75 Å². The standard InChI is InChI=1S/C28H29F4NO5S/c1-37-27(34)26-24(29)17-23(18-25(26)39(2,35)36)38-15-7-13-33(14-12-20-8-4-3-5-9-20)19-21-10-6-11-22(16-21)28(30,31)32/h3-6,8-11,16-18H,7,12-15,19H2,1-2H3. The highest BCUT2D eigenvalue weighted by Gasteiger charge is 2.30. The molecule has 3 rings (SSSR count). The number of benzene rings is 3. The summed E-state index contributed by atoms with van der Waals surface area (Å²) in [5, 5.41) is 0. The molecule has 0 saturated heterocycles. The molecule has 0 heterocycles. The predicted molar refractivity (Wildman–Crippen MR) is 138 cm³/mol. The highest BCUT2D eigenvalue weighted by atomic mass is 32.2. The lowest BCUT2D eigenvalue weighted by molar-refractivity contribution is -0.137. The molecule has 3 aromatic carbocycles. The Morgan fingerprint density at radius 1 is 0.949 bits per heavy atom. The molecule has 0 amide bonds. The lowest BCUT2D eigenvalue weighted by Gasteiger charge is -2.23. The van der Waals surface area contributed by atoms with Gasteiger partial charge in [0.15, 0.2) is 9.84 Å². The van der Waals surface area contributed by atoms with Crippen LogP contribution in [0.4, 0.5) is 17.6 Å². The number of halogens is 4. The van der Waals surface area contributed by atoms with E-state index in [1.165, 1.54) is 6.07 Å².